The predicted octanol–water partition coefficient (Wildman–Crippen LogP) is 3.02. The molecule has 0 aliphatic rings. The Morgan fingerprint density at radius 2 is 1.76 bits per heavy atom. The molecule has 1 amide bonds. The van der Waals surface area contributed by atoms with Gasteiger partial charge in [0.2, 0.25) is 0 Å². The second-order valence-electron chi connectivity index (χ2n) is 3.97. The zero-order valence-corrected chi connectivity index (χ0v) is 10.0. The number of benzene rings is 2. The van der Waals surface area contributed by atoms with E-state index in [1.807, 2.05) is 36.4 Å². The number of nitrogens with one attached hydrogen (secondary N) is 1. The van der Waals surface area contributed by atoms with E-state index in [1.165, 1.54) is 5.56 Å². The molecule has 2 rings (SSSR count). The van der Waals surface area contributed by atoms with Crippen LogP contribution in [0.3, 0.4) is 0 Å². The highest BCUT2D eigenvalue weighted by molar-refractivity contribution is 5.95. The molecule has 0 aliphatic carbocycles. The lowest BCUT2D eigenvalue weighted by Crippen LogP contribution is -2.17. The molecule has 0 radical (unpaired) electrons. The number of hydrogen-bond acceptors (Lipinski definition) is 1. The molecule has 2 aromatic rings. The van der Waals surface area contributed by atoms with Crippen LogP contribution in [-0.2, 0) is 0 Å². The van der Waals surface area contributed by atoms with E-state index in [2.05, 4.69) is 24.4 Å². The Balaban J connectivity index is 2.50. The minimum Gasteiger partial charge on any atom is -0.355 e. The summed E-state index contributed by atoms with van der Waals surface area (Å²) in [7, 11) is 1.64. The van der Waals surface area contributed by atoms with Crippen molar-refractivity contribution in [2.24, 2.45) is 0 Å². The lowest BCUT2D eigenvalue weighted by atomic mass is 9.98. The Labute approximate surface area is 101 Å². The zero-order chi connectivity index (χ0) is 12.3. The molecule has 0 saturated heterocycles. The zero-order valence-electron chi connectivity index (χ0n) is 10.0. The van der Waals surface area contributed by atoms with Gasteiger partial charge in [-0.3, -0.25) is 4.79 Å². The first-order chi connectivity index (χ1) is 8.22. The third-order valence-corrected chi connectivity index (χ3v) is 2.81. The van der Waals surface area contributed by atoms with Crippen molar-refractivity contribution in [3.63, 3.8) is 0 Å². The summed E-state index contributed by atoms with van der Waals surface area (Å²) in [5, 5.41) is 2.64. The molecule has 86 valence electrons. The van der Waals surface area contributed by atoms with E-state index in [1.54, 1.807) is 7.05 Å². The molecule has 2 heteroatoms. The van der Waals surface area contributed by atoms with Gasteiger partial charge in [-0.15, -0.1) is 0 Å². The SMILES string of the molecule is CNC(=O)c1ccc(C)c(-c2ccccc2)c1. The summed E-state index contributed by atoms with van der Waals surface area (Å²) in [6.07, 6.45) is 0. The average Bonchev–Trinajstić information content (AvgIpc) is 2.39. The van der Waals surface area contributed by atoms with Gasteiger partial charge in [0.1, 0.15) is 0 Å². The maximum Gasteiger partial charge on any atom is 0.251 e. The van der Waals surface area contributed by atoms with E-state index in [0.717, 1.165) is 11.1 Å². The minimum absolute atomic E-state index is 0.0535. The van der Waals surface area contributed by atoms with Crippen molar-refractivity contribution in [3.05, 3.63) is 59.7 Å². The standard InChI is InChI=1S/C15H15NO/c1-11-8-9-13(15(17)16-2)10-14(11)12-6-4-3-5-7-12/h3-10H,1-2H3,(H,16,17). The van der Waals surface area contributed by atoms with Gasteiger partial charge in [-0.2, -0.15) is 0 Å². The van der Waals surface area contributed by atoms with Gasteiger partial charge in [-0.25, -0.2) is 0 Å². The Morgan fingerprint density at radius 3 is 2.41 bits per heavy atom. The van der Waals surface area contributed by atoms with Gasteiger partial charge >= 0.3 is 0 Å². The third kappa shape index (κ3) is 2.36. The van der Waals surface area contributed by atoms with Gasteiger partial charge in [-0.1, -0.05) is 36.4 Å². The number of amides is 1. The molecule has 0 fully saturated rings. The Morgan fingerprint density at radius 1 is 1.06 bits per heavy atom. The fourth-order valence-electron chi connectivity index (χ4n) is 1.84. The molecule has 0 saturated carbocycles. The number of carbonyl (C=O) groups is 1. The third-order valence-electron chi connectivity index (χ3n) is 2.81. The largest absolute Gasteiger partial charge is 0.355 e. The van der Waals surface area contributed by atoms with Crippen LogP contribution in [0, 0.1) is 6.92 Å². The molecular weight excluding hydrogens is 210 g/mol. The van der Waals surface area contributed by atoms with Gasteiger partial charge in [0.05, 0.1) is 0 Å². The second-order valence-corrected chi connectivity index (χ2v) is 3.97. The molecule has 0 aromatic heterocycles. The summed E-state index contributed by atoms with van der Waals surface area (Å²) in [6, 6.07) is 15.9. The van der Waals surface area contributed by atoms with E-state index in [9.17, 15) is 4.79 Å². The van der Waals surface area contributed by atoms with E-state index in [-0.39, 0.29) is 5.91 Å². The Kier molecular flexibility index (Phi) is 3.24. The van der Waals surface area contributed by atoms with Crippen molar-refractivity contribution in [1.29, 1.82) is 0 Å². The normalized spacial score (nSPS) is 10.0. The number of carbonyl (C=O) groups excluding carboxylic acids is 1. The molecular formula is C15H15NO. The maximum absolute atomic E-state index is 11.6. The molecule has 1 N–H and O–H groups in total. The quantitative estimate of drug-likeness (QED) is 0.836. The molecule has 2 aromatic carbocycles. The Bertz CT molecular complexity index is 532. The fraction of sp³-hybridized carbons (Fsp3) is 0.133. The van der Waals surface area contributed by atoms with Crippen molar-refractivity contribution >= 4 is 5.91 Å². The van der Waals surface area contributed by atoms with Crippen molar-refractivity contribution < 1.29 is 4.79 Å². The molecule has 0 atom stereocenters. The van der Waals surface area contributed by atoms with E-state index >= 15 is 0 Å². The summed E-state index contributed by atoms with van der Waals surface area (Å²) in [5.41, 5.74) is 4.10. The molecule has 0 heterocycles. The van der Waals surface area contributed by atoms with Gasteiger partial charge in [-0.05, 0) is 35.7 Å². The van der Waals surface area contributed by atoms with Crippen LogP contribution in [0.1, 0.15) is 15.9 Å². The number of hydrogen-bond donors (Lipinski definition) is 1. The summed E-state index contributed by atoms with van der Waals surface area (Å²) in [6.45, 7) is 2.05. The monoisotopic (exact) mass is 225 g/mol. The molecule has 0 spiro atoms. The minimum atomic E-state index is -0.0535. The smallest absolute Gasteiger partial charge is 0.251 e. The van der Waals surface area contributed by atoms with E-state index < -0.39 is 0 Å². The summed E-state index contributed by atoms with van der Waals surface area (Å²) in [5.74, 6) is -0.0535. The molecule has 0 bridgehead atoms. The van der Waals surface area contributed by atoms with Crippen LogP contribution in [0.25, 0.3) is 11.1 Å². The molecule has 0 aliphatic heterocycles. The van der Waals surface area contributed by atoms with Crippen LogP contribution in [0.2, 0.25) is 0 Å². The lowest BCUT2D eigenvalue weighted by molar-refractivity contribution is 0.0963. The van der Waals surface area contributed by atoms with Crippen molar-refractivity contribution in [1.82, 2.24) is 5.32 Å². The average molecular weight is 225 g/mol. The van der Waals surface area contributed by atoms with Crippen LogP contribution in [0.15, 0.2) is 48.5 Å². The molecule has 0 unspecified atom stereocenters. The highest BCUT2D eigenvalue weighted by Crippen LogP contribution is 2.24. The highest BCUT2D eigenvalue weighted by Gasteiger charge is 2.07. The first kappa shape index (κ1) is 11.4. The summed E-state index contributed by atoms with van der Waals surface area (Å²) >= 11 is 0. The van der Waals surface area contributed by atoms with Crippen molar-refractivity contribution in [2.75, 3.05) is 7.05 Å². The second kappa shape index (κ2) is 4.83. The van der Waals surface area contributed by atoms with Crippen LogP contribution >= 0.6 is 0 Å². The summed E-state index contributed by atoms with van der Waals surface area (Å²) in [4.78, 5) is 11.6. The summed E-state index contributed by atoms with van der Waals surface area (Å²) < 4.78 is 0. The van der Waals surface area contributed by atoms with Gasteiger partial charge in [0.25, 0.3) is 5.91 Å². The first-order valence-corrected chi connectivity index (χ1v) is 5.60. The van der Waals surface area contributed by atoms with Gasteiger partial charge in [0.15, 0.2) is 0 Å². The maximum atomic E-state index is 11.6. The predicted molar refractivity (Wildman–Crippen MR) is 70.0 cm³/mol. The van der Waals surface area contributed by atoms with Gasteiger partial charge in [0, 0.05) is 12.6 Å². The van der Waals surface area contributed by atoms with Crippen LogP contribution in [0.5, 0.6) is 0 Å². The van der Waals surface area contributed by atoms with Crippen molar-refractivity contribution in [2.45, 2.75) is 6.92 Å². The number of rotatable bonds is 2. The van der Waals surface area contributed by atoms with Crippen molar-refractivity contribution in [3.8, 4) is 11.1 Å². The van der Waals surface area contributed by atoms with Crippen LogP contribution < -0.4 is 5.32 Å². The topological polar surface area (TPSA) is 29.1 Å². The van der Waals surface area contributed by atoms with Crippen LogP contribution in [0.4, 0.5) is 0 Å². The lowest BCUT2D eigenvalue weighted by Gasteiger charge is -2.08. The van der Waals surface area contributed by atoms with Gasteiger partial charge < -0.3 is 5.32 Å². The molecule has 17 heavy (non-hydrogen) atoms. The Hall–Kier alpha value is -2.09. The van der Waals surface area contributed by atoms with E-state index in [4.69, 9.17) is 0 Å². The fourth-order valence-corrected chi connectivity index (χ4v) is 1.84. The highest BCUT2D eigenvalue weighted by atomic mass is 16.1. The first-order valence-electron chi connectivity index (χ1n) is 5.60. The van der Waals surface area contributed by atoms with E-state index in [0.29, 0.717) is 5.56 Å². The molecule has 2 nitrogen and oxygen atoms in total. The number of aryl methyl sites for hydroxylation is 1. The van der Waals surface area contributed by atoms with Crippen LogP contribution in [-0.4, -0.2) is 13.0 Å².